The lowest BCUT2D eigenvalue weighted by atomic mass is 10.1. The molecular formula is C24H22ClN3O2. The van der Waals surface area contributed by atoms with Crippen molar-refractivity contribution in [2.24, 2.45) is 0 Å². The Morgan fingerprint density at radius 1 is 0.933 bits per heavy atom. The van der Waals surface area contributed by atoms with Gasteiger partial charge < -0.3 is 10.2 Å². The molecule has 4 rings (SSSR count). The maximum Gasteiger partial charge on any atom is 0.324 e. The molecule has 0 unspecified atom stereocenters. The molecular weight excluding hydrogens is 398 g/mol. The summed E-state index contributed by atoms with van der Waals surface area (Å²) in [7, 11) is 0. The molecule has 0 aliphatic carbocycles. The molecule has 6 heteroatoms. The molecule has 1 N–H and O–H groups in total. The first-order valence-corrected chi connectivity index (χ1v) is 10.3. The molecule has 1 fully saturated rings. The Bertz CT molecular complexity index is 1040. The van der Waals surface area contributed by atoms with Gasteiger partial charge in [-0.2, -0.15) is 0 Å². The van der Waals surface area contributed by atoms with Gasteiger partial charge in [-0.15, -0.1) is 0 Å². The van der Waals surface area contributed by atoms with E-state index in [4.69, 9.17) is 11.6 Å². The van der Waals surface area contributed by atoms with Crippen LogP contribution in [0.1, 0.15) is 22.3 Å². The van der Waals surface area contributed by atoms with Crippen molar-refractivity contribution in [3.05, 3.63) is 95.0 Å². The predicted molar refractivity (Wildman–Crippen MR) is 120 cm³/mol. The highest BCUT2D eigenvalue weighted by Crippen LogP contribution is 2.24. The Kier molecular flexibility index (Phi) is 6.00. The SMILES string of the molecule is O=C(Nc1ccc(N2CCCN(Cc3cccc(Cl)c3)C2=O)cc1)c1ccccc1. The number of nitrogens with one attached hydrogen (secondary N) is 1. The van der Waals surface area contributed by atoms with Crippen molar-refractivity contribution < 1.29 is 9.59 Å². The van der Waals surface area contributed by atoms with Crippen LogP contribution in [0.2, 0.25) is 5.02 Å². The number of halogens is 1. The minimum absolute atomic E-state index is 0.0257. The van der Waals surface area contributed by atoms with E-state index in [1.165, 1.54) is 0 Å². The van der Waals surface area contributed by atoms with Crippen molar-refractivity contribution >= 4 is 34.9 Å². The molecule has 0 spiro atoms. The van der Waals surface area contributed by atoms with E-state index in [0.29, 0.717) is 35.9 Å². The highest BCUT2D eigenvalue weighted by atomic mass is 35.5. The third kappa shape index (κ3) is 4.63. The summed E-state index contributed by atoms with van der Waals surface area (Å²) in [6, 6.07) is 24.0. The van der Waals surface area contributed by atoms with Crippen molar-refractivity contribution in [2.45, 2.75) is 13.0 Å². The lowest BCUT2D eigenvalue weighted by Crippen LogP contribution is -2.49. The fourth-order valence-corrected chi connectivity index (χ4v) is 3.75. The number of urea groups is 1. The Labute approximate surface area is 180 Å². The van der Waals surface area contributed by atoms with Crippen molar-refractivity contribution in [1.82, 2.24) is 4.90 Å². The van der Waals surface area contributed by atoms with Crippen LogP contribution in [-0.4, -0.2) is 29.9 Å². The van der Waals surface area contributed by atoms with Gasteiger partial charge in [-0.25, -0.2) is 4.79 Å². The molecule has 0 bridgehead atoms. The van der Waals surface area contributed by atoms with Gasteiger partial charge in [0.2, 0.25) is 0 Å². The second-order valence-corrected chi connectivity index (χ2v) is 7.64. The summed E-state index contributed by atoms with van der Waals surface area (Å²) in [6.07, 6.45) is 0.888. The third-order valence-electron chi connectivity index (χ3n) is 5.05. The van der Waals surface area contributed by atoms with Gasteiger partial charge >= 0.3 is 6.03 Å². The third-order valence-corrected chi connectivity index (χ3v) is 5.28. The summed E-state index contributed by atoms with van der Waals surface area (Å²) in [5.74, 6) is -0.162. The number of hydrogen-bond donors (Lipinski definition) is 1. The van der Waals surface area contributed by atoms with Gasteiger partial charge in [-0.05, 0) is 60.5 Å². The highest BCUT2D eigenvalue weighted by Gasteiger charge is 2.26. The maximum atomic E-state index is 13.0. The number of carbonyl (C=O) groups is 2. The molecule has 3 aromatic rings. The van der Waals surface area contributed by atoms with Gasteiger partial charge in [0.05, 0.1) is 0 Å². The van der Waals surface area contributed by atoms with E-state index < -0.39 is 0 Å². The van der Waals surface area contributed by atoms with Crippen LogP contribution < -0.4 is 10.2 Å². The molecule has 0 atom stereocenters. The zero-order valence-electron chi connectivity index (χ0n) is 16.4. The number of nitrogens with zero attached hydrogens (tertiary/aromatic N) is 2. The zero-order valence-corrected chi connectivity index (χ0v) is 17.2. The van der Waals surface area contributed by atoms with E-state index in [9.17, 15) is 9.59 Å². The Hall–Kier alpha value is -3.31. The van der Waals surface area contributed by atoms with Crippen LogP contribution in [0.25, 0.3) is 0 Å². The Morgan fingerprint density at radius 2 is 1.70 bits per heavy atom. The van der Waals surface area contributed by atoms with Crippen LogP contribution in [0.4, 0.5) is 16.2 Å². The minimum Gasteiger partial charge on any atom is -0.322 e. The van der Waals surface area contributed by atoms with Crippen molar-refractivity contribution in [1.29, 1.82) is 0 Å². The number of amides is 3. The van der Waals surface area contributed by atoms with Gasteiger partial charge in [0.25, 0.3) is 5.91 Å². The molecule has 1 aliphatic rings. The smallest absolute Gasteiger partial charge is 0.322 e. The molecule has 3 aromatic carbocycles. The summed E-state index contributed by atoms with van der Waals surface area (Å²) >= 11 is 6.07. The fraction of sp³-hybridized carbons (Fsp3) is 0.167. The standard InChI is InChI=1S/C24H22ClN3O2/c25-20-9-4-6-18(16-20)17-27-14-5-15-28(24(27)30)22-12-10-21(11-13-22)26-23(29)19-7-2-1-3-8-19/h1-4,6-13,16H,5,14-15,17H2,(H,26,29). The summed E-state index contributed by atoms with van der Waals surface area (Å²) in [6.45, 7) is 1.91. The van der Waals surface area contributed by atoms with Crippen LogP contribution in [0, 0.1) is 0 Å². The number of hydrogen-bond acceptors (Lipinski definition) is 2. The molecule has 1 saturated heterocycles. The van der Waals surface area contributed by atoms with E-state index in [0.717, 1.165) is 17.7 Å². The molecule has 3 amide bonds. The monoisotopic (exact) mass is 419 g/mol. The number of benzene rings is 3. The summed E-state index contributed by atoms with van der Waals surface area (Å²) < 4.78 is 0. The molecule has 0 radical (unpaired) electrons. The topological polar surface area (TPSA) is 52.7 Å². The van der Waals surface area contributed by atoms with Gasteiger partial charge in [-0.3, -0.25) is 9.69 Å². The number of anilines is 2. The second kappa shape index (κ2) is 9.01. The largest absolute Gasteiger partial charge is 0.324 e. The zero-order chi connectivity index (χ0) is 20.9. The van der Waals surface area contributed by atoms with Crippen LogP contribution in [-0.2, 0) is 6.54 Å². The lowest BCUT2D eigenvalue weighted by Gasteiger charge is -2.35. The van der Waals surface area contributed by atoms with E-state index in [1.807, 2.05) is 71.6 Å². The average Bonchev–Trinajstić information content (AvgIpc) is 2.77. The molecule has 30 heavy (non-hydrogen) atoms. The molecule has 0 saturated carbocycles. The molecule has 5 nitrogen and oxygen atoms in total. The maximum absolute atomic E-state index is 13.0. The highest BCUT2D eigenvalue weighted by molar-refractivity contribution is 6.30. The van der Waals surface area contributed by atoms with E-state index in [1.54, 1.807) is 17.0 Å². The average molecular weight is 420 g/mol. The second-order valence-electron chi connectivity index (χ2n) is 7.21. The first kappa shape index (κ1) is 20.0. The lowest BCUT2D eigenvalue weighted by molar-refractivity contribution is 0.102. The van der Waals surface area contributed by atoms with E-state index in [-0.39, 0.29) is 11.9 Å². The van der Waals surface area contributed by atoms with E-state index in [2.05, 4.69) is 5.32 Å². The van der Waals surface area contributed by atoms with Crippen LogP contribution in [0.3, 0.4) is 0 Å². The van der Waals surface area contributed by atoms with Crippen LogP contribution in [0.5, 0.6) is 0 Å². The molecule has 1 heterocycles. The summed E-state index contributed by atoms with van der Waals surface area (Å²) in [4.78, 5) is 28.9. The normalized spacial score (nSPS) is 14.0. The molecule has 152 valence electrons. The molecule has 1 aliphatic heterocycles. The predicted octanol–water partition coefficient (Wildman–Crippen LogP) is 5.42. The van der Waals surface area contributed by atoms with Gasteiger partial charge in [0.15, 0.2) is 0 Å². The summed E-state index contributed by atoms with van der Waals surface area (Å²) in [5, 5.41) is 3.55. The van der Waals surface area contributed by atoms with Crippen molar-refractivity contribution in [3.63, 3.8) is 0 Å². The Morgan fingerprint density at radius 3 is 2.43 bits per heavy atom. The van der Waals surface area contributed by atoms with E-state index >= 15 is 0 Å². The van der Waals surface area contributed by atoms with Crippen LogP contribution in [0.15, 0.2) is 78.9 Å². The number of rotatable bonds is 5. The van der Waals surface area contributed by atoms with Crippen molar-refractivity contribution in [2.75, 3.05) is 23.3 Å². The quantitative estimate of drug-likeness (QED) is 0.599. The van der Waals surface area contributed by atoms with Gasteiger partial charge in [0.1, 0.15) is 0 Å². The van der Waals surface area contributed by atoms with Gasteiger partial charge in [0, 0.05) is 41.6 Å². The minimum atomic E-state index is -0.162. The van der Waals surface area contributed by atoms with Crippen LogP contribution >= 0.6 is 11.6 Å². The first-order valence-electron chi connectivity index (χ1n) is 9.87. The fourth-order valence-electron chi connectivity index (χ4n) is 3.54. The number of carbonyl (C=O) groups excluding carboxylic acids is 2. The molecule has 0 aromatic heterocycles. The van der Waals surface area contributed by atoms with Gasteiger partial charge in [-0.1, -0.05) is 41.9 Å². The van der Waals surface area contributed by atoms with Crippen molar-refractivity contribution in [3.8, 4) is 0 Å². The Balaban J connectivity index is 1.43. The first-order chi connectivity index (χ1) is 14.6. The summed E-state index contributed by atoms with van der Waals surface area (Å²) in [5.41, 5.74) is 3.11.